The molecule has 0 radical (unpaired) electrons. The van der Waals surface area contributed by atoms with Crippen LogP contribution in [0.3, 0.4) is 0 Å². The lowest BCUT2D eigenvalue weighted by molar-refractivity contribution is 0.324. The predicted octanol–water partition coefficient (Wildman–Crippen LogP) is 3.25. The number of rotatable bonds is 7. The fourth-order valence-corrected chi connectivity index (χ4v) is 2.54. The van der Waals surface area contributed by atoms with Crippen LogP contribution in [0, 0.1) is 0 Å². The van der Waals surface area contributed by atoms with E-state index in [1.165, 1.54) is 24.3 Å². The summed E-state index contributed by atoms with van der Waals surface area (Å²) in [6.07, 6.45) is 0. The minimum Gasteiger partial charge on any atom is -0.492 e. The summed E-state index contributed by atoms with van der Waals surface area (Å²) < 4.78 is 39.8. The molecule has 0 atom stereocenters. The monoisotopic (exact) mass is 323 g/mol. The molecule has 0 fully saturated rings. The van der Waals surface area contributed by atoms with Gasteiger partial charge in [0.25, 0.3) is 0 Å². The van der Waals surface area contributed by atoms with E-state index >= 15 is 0 Å². The van der Waals surface area contributed by atoms with Crippen molar-refractivity contribution in [2.75, 3.05) is 24.6 Å². The lowest BCUT2D eigenvalue weighted by atomic mass is 10.3. The second-order valence-electron chi connectivity index (χ2n) is 4.67. The SMILES string of the molecule is CCN(CCOc1ccc(S(=O)(=O)F)cc1)c1ccccc1. The maximum atomic E-state index is 12.8. The van der Waals surface area contributed by atoms with Crippen molar-refractivity contribution in [3.63, 3.8) is 0 Å². The maximum Gasteiger partial charge on any atom is 0.332 e. The lowest BCUT2D eigenvalue weighted by Crippen LogP contribution is -2.27. The molecule has 0 saturated carbocycles. The van der Waals surface area contributed by atoms with Gasteiger partial charge in [-0.3, -0.25) is 0 Å². The van der Waals surface area contributed by atoms with Crippen LogP contribution < -0.4 is 9.64 Å². The summed E-state index contributed by atoms with van der Waals surface area (Å²) in [6.45, 7) is 4.06. The number of likely N-dealkylation sites (N-methyl/N-ethyl adjacent to an activating group) is 1. The van der Waals surface area contributed by atoms with Gasteiger partial charge in [0.05, 0.1) is 11.4 Å². The molecule has 0 N–H and O–H groups in total. The molecule has 0 aliphatic carbocycles. The van der Waals surface area contributed by atoms with Crippen molar-refractivity contribution in [2.45, 2.75) is 11.8 Å². The van der Waals surface area contributed by atoms with Gasteiger partial charge in [-0.2, -0.15) is 8.42 Å². The highest BCUT2D eigenvalue weighted by molar-refractivity contribution is 7.86. The zero-order valence-electron chi connectivity index (χ0n) is 12.3. The summed E-state index contributed by atoms with van der Waals surface area (Å²) in [5.74, 6) is 0.511. The molecule has 6 heteroatoms. The van der Waals surface area contributed by atoms with Crippen LogP contribution in [0.25, 0.3) is 0 Å². The lowest BCUT2D eigenvalue weighted by Gasteiger charge is -2.23. The van der Waals surface area contributed by atoms with E-state index < -0.39 is 10.2 Å². The van der Waals surface area contributed by atoms with E-state index in [1.807, 2.05) is 30.3 Å². The van der Waals surface area contributed by atoms with Gasteiger partial charge in [-0.25, -0.2) is 0 Å². The summed E-state index contributed by atoms with van der Waals surface area (Å²) in [7, 11) is -4.66. The standard InChI is InChI=1S/C16H18FNO3S/c1-2-18(14-6-4-3-5-7-14)12-13-21-15-8-10-16(11-9-15)22(17,19)20/h3-11H,2,12-13H2,1H3. The molecule has 0 heterocycles. The van der Waals surface area contributed by atoms with Gasteiger partial charge >= 0.3 is 10.2 Å². The summed E-state index contributed by atoms with van der Waals surface area (Å²) in [5.41, 5.74) is 1.12. The number of para-hydroxylation sites is 1. The van der Waals surface area contributed by atoms with Gasteiger partial charge in [0.2, 0.25) is 0 Å². The minimum atomic E-state index is -4.66. The fraction of sp³-hybridized carbons (Fsp3) is 0.250. The van der Waals surface area contributed by atoms with Gasteiger partial charge in [-0.1, -0.05) is 18.2 Å². The van der Waals surface area contributed by atoms with Gasteiger partial charge in [0, 0.05) is 12.2 Å². The molecule has 2 rings (SSSR count). The smallest absolute Gasteiger partial charge is 0.332 e. The van der Waals surface area contributed by atoms with E-state index in [0.717, 1.165) is 12.2 Å². The highest BCUT2D eigenvalue weighted by Crippen LogP contribution is 2.18. The maximum absolute atomic E-state index is 12.8. The highest BCUT2D eigenvalue weighted by Gasteiger charge is 2.11. The predicted molar refractivity (Wildman–Crippen MR) is 84.6 cm³/mol. The second kappa shape index (κ2) is 7.26. The third kappa shape index (κ3) is 4.46. The molecule has 0 aliphatic heterocycles. The Balaban J connectivity index is 1.90. The third-order valence-electron chi connectivity index (χ3n) is 3.24. The Morgan fingerprint density at radius 1 is 1.05 bits per heavy atom. The average Bonchev–Trinajstić information content (AvgIpc) is 2.52. The zero-order chi connectivity index (χ0) is 16.0. The van der Waals surface area contributed by atoms with Crippen molar-refractivity contribution in [1.82, 2.24) is 0 Å². The molecule has 0 saturated heterocycles. The minimum absolute atomic E-state index is 0.362. The van der Waals surface area contributed by atoms with Crippen LogP contribution in [0.4, 0.5) is 9.57 Å². The van der Waals surface area contributed by atoms with Gasteiger partial charge in [-0.05, 0) is 43.3 Å². The van der Waals surface area contributed by atoms with Gasteiger partial charge in [0.15, 0.2) is 0 Å². The first-order valence-corrected chi connectivity index (χ1v) is 8.36. The Morgan fingerprint density at radius 2 is 1.68 bits per heavy atom. The van der Waals surface area contributed by atoms with Crippen LogP contribution in [-0.4, -0.2) is 28.1 Å². The van der Waals surface area contributed by atoms with Gasteiger partial charge in [0.1, 0.15) is 12.4 Å². The molecular formula is C16H18FNO3S. The summed E-state index contributed by atoms with van der Waals surface area (Å²) in [6, 6.07) is 15.3. The van der Waals surface area contributed by atoms with Crippen LogP contribution in [-0.2, 0) is 10.2 Å². The van der Waals surface area contributed by atoms with E-state index in [1.54, 1.807) is 0 Å². The molecule has 0 aromatic heterocycles. The Labute approximate surface area is 130 Å². The van der Waals surface area contributed by atoms with E-state index in [2.05, 4.69) is 11.8 Å². The van der Waals surface area contributed by atoms with Gasteiger partial charge < -0.3 is 9.64 Å². The highest BCUT2D eigenvalue weighted by atomic mass is 32.3. The average molecular weight is 323 g/mol. The van der Waals surface area contributed by atoms with Crippen LogP contribution in [0.1, 0.15) is 6.92 Å². The molecule has 2 aromatic rings. The second-order valence-corrected chi connectivity index (χ2v) is 6.02. The summed E-state index contributed by atoms with van der Waals surface area (Å²) in [4.78, 5) is 1.81. The van der Waals surface area contributed by atoms with Crippen LogP contribution in [0.15, 0.2) is 59.5 Å². The first-order chi connectivity index (χ1) is 10.5. The Bertz CT molecular complexity index is 687. The van der Waals surface area contributed by atoms with Crippen molar-refractivity contribution >= 4 is 15.9 Å². The van der Waals surface area contributed by atoms with Crippen molar-refractivity contribution in [3.05, 3.63) is 54.6 Å². The van der Waals surface area contributed by atoms with Crippen LogP contribution in [0.5, 0.6) is 5.75 Å². The van der Waals surface area contributed by atoms with Crippen LogP contribution in [0.2, 0.25) is 0 Å². The quantitative estimate of drug-likeness (QED) is 0.734. The fourth-order valence-electron chi connectivity index (χ4n) is 2.08. The van der Waals surface area contributed by atoms with Crippen molar-refractivity contribution in [2.24, 2.45) is 0 Å². The molecule has 0 bridgehead atoms. The number of hydrogen-bond acceptors (Lipinski definition) is 4. The third-order valence-corrected chi connectivity index (χ3v) is 4.07. The number of nitrogens with zero attached hydrogens (tertiary/aromatic N) is 1. The Hall–Kier alpha value is -2.08. The Morgan fingerprint density at radius 3 is 2.23 bits per heavy atom. The largest absolute Gasteiger partial charge is 0.492 e. The van der Waals surface area contributed by atoms with Crippen molar-refractivity contribution in [1.29, 1.82) is 0 Å². The number of ether oxygens (including phenoxy) is 1. The van der Waals surface area contributed by atoms with Crippen molar-refractivity contribution in [3.8, 4) is 5.75 Å². The van der Waals surface area contributed by atoms with E-state index in [-0.39, 0.29) is 4.90 Å². The summed E-state index contributed by atoms with van der Waals surface area (Å²) in [5, 5.41) is 0. The topological polar surface area (TPSA) is 46.6 Å². The van der Waals surface area contributed by atoms with E-state index in [0.29, 0.717) is 18.9 Å². The van der Waals surface area contributed by atoms with Crippen molar-refractivity contribution < 1.29 is 17.0 Å². The normalized spacial score (nSPS) is 11.2. The molecule has 0 unspecified atom stereocenters. The molecule has 22 heavy (non-hydrogen) atoms. The number of anilines is 1. The molecule has 2 aromatic carbocycles. The van der Waals surface area contributed by atoms with E-state index in [4.69, 9.17) is 4.74 Å². The van der Waals surface area contributed by atoms with Gasteiger partial charge in [-0.15, -0.1) is 3.89 Å². The number of benzene rings is 2. The molecule has 0 amide bonds. The first kappa shape index (κ1) is 16.3. The Kier molecular flexibility index (Phi) is 5.38. The molecule has 0 spiro atoms. The summed E-state index contributed by atoms with van der Waals surface area (Å²) >= 11 is 0. The number of hydrogen-bond donors (Lipinski definition) is 0. The van der Waals surface area contributed by atoms with E-state index in [9.17, 15) is 12.3 Å². The zero-order valence-corrected chi connectivity index (χ0v) is 13.1. The molecular weight excluding hydrogens is 305 g/mol. The molecule has 118 valence electrons. The molecule has 4 nitrogen and oxygen atoms in total. The van der Waals surface area contributed by atoms with Crippen LogP contribution >= 0.6 is 0 Å². The first-order valence-electron chi connectivity index (χ1n) is 6.98. The molecule has 0 aliphatic rings. The number of halogens is 1.